The molecule has 5 heteroatoms. The Kier molecular flexibility index (Phi) is 4.21. The Labute approximate surface area is 100 Å². The zero-order valence-corrected chi connectivity index (χ0v) is 9.65. The van der Waals surface area contributed by atoms with Crippen LogP contribution in [0.5, 0.6) is 0 Å². The maximum Gasteiger partial charge on any atom is 0.252 e. The van der Waals surface area contributed by atoms with Gasteiger partial charge in [-0.3, -0.25) is 4.79 Å². The van der Waals surface area contributed by atoms with E-state index in [9.17, 15) is 4.79 Å². The lowest BCUT2D eigenvalue weighted by Crippen LogP contribution is -2.26. The molecule has 0 saturated carbocycles. The van der Waals surface area contributed by atoms with Gasteiger partial charge in [0.05, 0.1) is 18.0 Å². The molecule has 1 aliphatic heterocycles. The number of rotatable bonds is 4. The molecule has 0 fully saturated rings. The van der Waals surface area contributed by atoms with Gasteiger partial charge in [0.25, 0.3) is 5.91 Å². The van der Waals surface area contributed by atoms with E-state index >= 15 is 0 Å². The summed E-state index contributed by atoms with van der Waals surface area (Å²) in [5, 5.41) is 13.4. The number of carbonyl (C=O) groups excluding carboxylic acids is 1. The van der Waals surface area contributed by atoms with E-state index in [1.165, 1.54) is 18.0 Å². The molecule has 0 atom stereocenters. The molecule has 1 aliphatic rings. The molecule has 1 aromatic rings. The van der Waals surface area contributed by atoms with Crippen LogP contribution in [0.2, 0.25) is 0 Å². The first kappa shape index (κ1) is 11.7. The van der Waals surface area contributed by atoms with E-state index in [-0.39, 0.29) is 5.91 Å². The Hall–Kier alpha value is -1.75. The SMILES string of the molecule is O=C(NCCC1=CCNCC1)c1ccnnc1. The second-order valence-corrected chi connectivity index (χ2v) is 3.95. The topological polar surface area (TPSA) is 66.9 Å². The second kappa shape index (κ2) is 6.10. The zero-order chi connectivity index (χ0) is 11.9. The van der Waals surface area contributed by atoms with Crippen LogP contribution in [0.1, 0.15) is 23.2 Å². The van der Waals surface area contributed by atoms with Crippen LogP contribution in [0.15, 0.2) is 30.1 Å². The zero-order valence-electron chi connectivity index (χ0n) is 9.65. The molecule has 0 aliphatic carbocycles. The van der Waals surface area contributed by atoms with Crippen molar-refractivity contribution >= 4 is 5.91 Å². The highest BCUT2D eigenvalue weighted by atomic mass is 16.1. The van der Waals surface area contributed by atoms with Crippen LogP contribution in [0, 0.1) is 0 Å². The van der Waals surface area contributed by atoms with Gasteiger partial charge in [-0.2, -0.15) is 10.2 Å². The summed E-state index contributed by atoms with van der Waals surface area (Å²) in [7, 11) is 0. The van der Waals surface area contributed by atoms with E-state index in [1.54, 1.807) is 6.07 Å². The molecule has 0 aromatic carbocycles. The van der Waals surface area contributed by atoms with Gasteiger partial charge in [0.2, 0.25) is 0 Å². The maximum atomic E-state index is 11.7. The van der Waals surface area contributed by atoms with Crippen molar-refractivity contribution < 1.29 is 4.79 Å². The summed E-state index contributed by atoms with van der Waals surface area (Å²) in [6.45, 7) is 2.65. The molecule has 2 rings (SSSR count). The molecule has 2 N–H and O–H groups in total. The van der Waals surface area contributed by atoms with Crippen molar-refractivity contribution in [1.82, 2.24) is 20.8 Å². The fourth-order valence-corrected chi connectivity index (χ4v) is 1.76. The van der Waals surface area contributed by atoms with E-state index in [2.05, 4.69) is 26.9 Å². The molecular formula is C12H16N4O. The lowest BCUT2D eigenvalue weighted by molar-refractivity contribution is 0.0953. The third-order valence-corrected chi connectivity index (χ3v) is 2.74. The predicted octanol–water partition coefficient (Wildman–Crippen LogP) is 0.516. The van der Waals surface area contributed by atoms with Crippen molar-refractivity contribution in [2.75, 3.05) is 19.6 Å². The van der Waals surface area contributed by atoms with Crippen molar-refractivity contribution in [3.05, 3.63) is 35.7 Å². The lowest BCUT2D eigenvalue weighted by atomic mass is 10.1. The highest BCUT2D eigenvalue weighted by Gasteiger charge is 2.06. The van der Waals surface area contributed by atoms with Gasteiger partial charge in [-0.05, 0) is 25.5 Å². The van der Waals surface area contributed by atoms with Gasteiger partial charge in [-0.1, -0.05) is 11.6 Å². The van der Waals surface area contributed by atoms with Crippen molar-refractivity contribution in [2.24, 2.45) is 0 Å². The number of amides is 1. The van der Waals surface area contributed by atoms with Gasteiger partial charge >= 0.3 is 0 Å². The van der Waals surface area contributed by atoms with Gasteiger partial charge in [0.1, 0.15) is 0 Å². The molecule has 1 amide bonds. The molecule has 0 unspecified atom stereocenters. The third-order valence-electron chi connectivity index (χ3n) is 2.74. The van der Waals surface area contributed by atoms with Crippen LogP contribution >= 0.6 is 0 Å². The largest absolute Gasteiger partial charge is 0.352 e. The summed E-state index contributed by atoms with van der Waals surface area (Å²) in [6, 6.07) is 1.66. The molecule has 17 heavy (non-hydrogen) atoms. The Bertz CT molecular complexity index is 402. The van der Waals surface area contributed by atoms with Crippen LogP contribution in [0.25, 0.3) is 0 Å². The van der Waals surface area contributed by atoms with Crippen LogP contribution < -0.4 is 10.6 Å². The molecule has 5 nitrogen and oxygen atoms in total. The van der Waals surface area contributed by atoms with Crippen LogP contribution in [-0.2, 0) is 0 Å². The minimum absolute atomic E-state index is 0.0885. The van der Waals surface area contributed by atoms with Crippen LogP contribution in [0.3, 0.4) is 0 Å². The first-order chi connectivity index (χ1) is 8.36. The first-order valence-electron chi connectivity index (χ1n) is 5.80. The fraction of sp³-hybridized carbons (Fsp3) is 0.417. The molecule has 1 aromatic heterocycles. The highest BCUT2D eigenvalue weighted by Crippen LogP contribution is 2.08. The average Bonchev–Trinajstić information content (AvgIpc) is 2.41. The van der Waals surface area contributed by atoms with Gasteiger partial charge in [0, 0.05) is 13.1 Å². The number of hydrogen-bond acceptors (Lipinski definition) is 4. The summed E-state index contributed by atoms with van der Waals surface area (Å²) in [5.41, 5.74) is 1.97. The lowest BCUT2D eigenvalue weighted by Gasteiger charge is -2.14. The number of aromatic nitrogens is 2. The Balaban J connectivity index is 1.75. The summed E-state index contributed by atoms with van der Waals surface area (Å²) >= 11 is 0. The number of hydrogen-bond donors (Lipinski definition) is 2. The van der Waals surface area contributed by atoms with Gasteiger partial charge in [-0.25, -0.2) is 0 Å². The molecule has 0 spiro atoms. The van der Waals surface area contributed by atoms with E-state index in [1.807, 2.05) is 0 Å². The van der Waals surface area contributed by atoms with Crippen molar-refractivity contribution in [1.29, 1.82) is 0 Å². The highest BCUT2D eigenvalue weighted by molar-refractivity contribution is 5.93. The minimum atomic E-state index is -0.0885. The smallest absolute Gasteiger partial charge is 0.252 e. The van der Waals surface area contributed by atoms with Crippen molar-refractivity contribution in [2.45, 2.75) is 12.8 Å². The fourth-order valence-electron chi connectivity index (χ4n) is 1.76. The van der Waals surface area contributed by atoms with E-state index < -0.39 is 0 Å². The summed E-state index contributed by atoms with van der Waals surface area (Å²) < 4.78 is 0. The summed E-state index contributed by atoms with van der Waals surface area (Å²) in [5.74, 6) is -0.0885. The molecule has 0 saturated heterocycles. The Morgan fingerprint density at radius 3 is 3.12 bits per heavy atom. The molecule has 0 bridgehead atoms. The number of carbonyl (C=O) groups is 1. The summed E-state index contributed by atoms with van der Waals surface area (Å²) in [4.78, 5) is 11.7. The van der Waals surface area contributed by atoms with E-state index in [4.69, 9.17) is 0 Å². The van der Waals surface area contributed by atoms with E-state index in [0.29, 0.717) is 12.1 Å². The van der Waals surface area contributed by atoms with Crippen LogP contribution in [-0.4, -0.2) is 35.7 Å². The maximum absolute atomic E-state index is 11.7. The normalized spacial score (nSPS) is 15.2. The summed E-state index contributed by atoms with van der Waals surface area (Å²) in [6.07, 6.45) is 7.19. The predicted molar refractivity (Wildman–Crippen MR) is 64.6 cm³/mol. The van der Waals surface area contributed by atoms with Crippen molar-refractivity contribution in [3.8, 4) is 0 Å². The Morgan fingerprint density at radius 1 is 1.47 bits per heavy atom. The third kappa shape index (κ3) is 3.64. The molecule has 0 radical (unpaired) electrons. The van der Waals surface area contributed by atoms with Gasteiger partial charge < -0.3 is 10.6 Å². The van der Waals surface area contributed by atoms with E-state index in [0.717, 1.165) is 25.9 Å². The monoisotopic (exact) mass is 232 g/mol. The first-order valence-corrected chi connectivity index (χ1v) is 5.80. The minimum Gasteiger partial charge on any atom is -0.352 e. The second-order valence-electron chi connectivity index (χ2n) is 3.95. The Morgan fingerprint density at radius 2 is 2.41 bits per heavy atom. The van der Waals surface area contributed by atoms with Crippen molar-refractivity contribution in [3.63, 3.8) is 0 Å². The average molecular weight is 232 g/mol. The van der Waals surface area contributed by atoms with Crippen LogP contribution in [0.4, 0.5) is 0 Å². The molecule has 90 valence electrons. The molecule has 2 heterocycles. The van der Waals surface area contributed by atoms with Gasteiger partial charge in [0.15, 0.2) is 0 Å². The van der Waals surface area contributed by atoms with Gasteiger partial charge in [-0.15, -0.1) is 0 Å². The number of nitrogens with one attached hydrogen (secondary N) is 2. The molecular weight excluding hydrogens is 216 g/mol. The quantitative estimate of drug-likeness (QED) is 0.743. The standard InChI is InChI=1S/C12H16N4O/c17-12(11-4-8-15-16-9-11)14-7-3-10-1-5-13-6-2-10/h1,4,8-9,13H,2-3,5-7H2,(H,14,17). The number of nitrogens with zero attached hydrogens (tertiary/aromatic N) is 2.